The number of rotatable bonds is 4. The van der Waals surface area contributed by atoms with Crippen LogP contribution in [0.2, 0.25) is 0 Å². The smallest absolute Gasteiger partial charge is 0.329 e. The van der Waals surface area contributed by atoms with Crippen molar-refractivity contribution in [2.24, 2.45) is 0 Å². The summed E-state index contributed by atoms with van der Waals surface area (Å²) in [5.74, 6) is -0.481. The molecule has 1 aromatic rings. The van der Waals surface area contributed by atoms with Gasteiger partial charge in [0.15, 0.2) is 0 Å². The molecule has 0 aromatic heterocycles. The van der Waals surface area contributed by atoms with E-state index in [0.717, 1.165) is 6.26 Å². The summed E-state index contributed by atoms with van der Waals surface area (Å²) in [7, 11) is 0. The standard InChI is InChI=1S/C18H18N2O5/c21-9-3-5-12-4-1-7-14(16(12)23)18(25)8-2-6-13(10-18)20-11-15(22)19-17(20)24/h1-4,6-7,9-10,21,23,25H,5,8,11H2,(H,19,22,24). The third kappa shape index (κ3) is 3.14. The van der Waals surface area contributed by atoms with Crippen molar-refractivity contribution in [3.8, 4) is 5.75 Å². The van der Waals surface area contributed by atoms with Crippen molar-refractivity contribution in [1.29, 1.82) is 0 Å². The van der Waals surface area contributed by atoms with E-state index >= 15 is 0 Å². The van der Waals surface area contributed by atoms with Crippen molar-refractivity contribution in [2.75, 3.05) is 6.54 Å². The van der Waals surface area contributed by atoms with E-state index in [1.807, 2.05) is 0 Å². The number of phenolic OH excluding ortho intramolecular Hbond substituents is 1. The van der Waals surface area contributed by atoms with Crippen LogP contribution in [0.15, 0.2) is 54.5 Å². The number of carbonyl (C=O) groups excluding carboxylic acids is 2. The van der Waals surface area contributed by atoms with Gasteiger partial charge >= 0.3 is 6.03 Å². The second kappa shape index (κ2) is 6.45. The van der Waals surface area contributed by atoms with Gasteiger partial charge in [-0.2, -0.15) is 0 Å². The molecule has 0 spiro atoms. The lowest BCUT2D eigenvalue weighted by atomic mass is 9.84. The number of allylic oxidation sites excluding steroid dienone is 2. The first-order chi connectivity index (χ1) is 11.9. The van der Waals surface area contributed by atoms with Crippen LogP contribution >= 0.6 is 0 Å². The molecule has 0 radical (unpaired) electrons. The first-order valence-electron chi connectivity index (χ1n) is 7.78. The number of amides is 3. The molecule has 130 valence electrons. The summed E-state index contributed by atoms with van der Waals surface area (Å²) in [6.07, 6.45) is 7.70. The molecule has 3 rings (SSSR count). The molecular weight excluding hydrogens is 324 g/mol. The number of phenols is 1. The molecule has 1 aliphatic carbocycles. The SMILES string of the molecule is O=C1CN(C2=CC(O)(c3cccc(CC=CO)c3O)CC=C2)C(=O)N1. The Kier molecular flexibility index (Phi) is 4.33. The maximum Gasteiger partial charge on any atom is 0.329 e. The fourth-order valence-corrected chi connectivity index (χ4v) is 3.00. The Bertz CT molecular complexity index is 812. The molecule has 0 saturated carbocycles. The average molecular weight is 342 g/mol. The number of hydrogen-bond donors (Lipinski definition) is 4. The number of benzene rings is 1. The second-order valence-electron chi connectivity index (χ2n) is 5.94. The van der Waals surface area contributed by atoms with Crippen LogP contribution in [0, 0.1) is 0 Å². The number of nitrogens with one attached hydrogen (secondary N) is 1. The Balaban J connectivity index is 1.98. The summed E-state index contributed by atoms with van der Waals surface area (Å²) in [5, 5.41) is 32.5. The monoisotopic (exact) mass is 342 g/mol. The van der Waals surface area contributed by atoms with Crippen molar-refractivity contribution < 1.29 is 24.9 Å². The van der Waals surface area contributed by atoms with Gasteiger partial charge in [-0.15, -0.1) is 0 Å². The Morgan fingerprint density at radius 1 is 1.32 bits per heavy atom. The molecule has 3 amide bonds. The lowest BCUT2D eigenvalue weighted by Gasteiger charge is -2.30. The average Bonchev–Trinajstić information content (AvgIpc) is 2.92. The molecular formula is C18H18N2O5. The number of carbonyl (C=O) groups is 2. The highest BCUT2D eigenvalue weighted by molar-refractivity contribution is 6.03. The van der Waals surface area contributed by atoms with Gasteiger partial charge < -0.3 is 15.3 Å². The molecule has 1 aromatic carbocycles. The highest BCUT2D eigenvalue weighted by Gasteiger charge is 2.36. The highest BCUT2D eigenvalue weighted by atomic mass is 16.3. The Labute approximate surface area is 144 Å². The van der Waals surface area contributed by atoms with Crippen LogP contribution in [-0.2, 0) is 16.8 Å². The minimum atomic E-state index is -1.51. The highest BCUT2D eigenvalue weighted by Crippen LogP contribution is 2.39. The molecule has 1 saturated heterocycles. The lowest BCUT2D eigenvalue weighted by molar-refractivity contribution is -0.118. The van der Waals surface area contributed by atoms with Gasteiger partial charge in [0, 0.05) is 17.7 Å². The van der Waals surface area contributed by atoms with Gasteiger partial charge in [0.05, 0.1) is 6.26 Å². The Hall–Kier alpha value is -3.06. The van der Waals surface area contributed by atoms with Gasteiger partial charge in [0.25, 0.3) is 0 Å². The van der Waals surface area contributed by atoms with E-state index in [4.69, 9.17) is 5.11 Å². The van der Waals surface area contributed by atoms with Crippen LogP contribution in [0.25, 0.3) is 0 Å². The summed E-state index contributed by atoms with van der Waals surface area (Å²) in [5.41, 5.74) is -0.282. The van der Waals surface area contributed by atoms with Crippen LogP contribution in [0.1, 0.15) is 17.5 Å². The fraction of sp³-hybridized carbons (Fsp3) is 0.222. The van der Waals surface area contributed by atoms with Crippen LogP contribution in [0.4, 0.5) is 4.79 Å². The number of para-hydroxylation sites is 1. The van der Waals surface area contributed by atoms with E-state index in [2.05, 4.69) is 5.32 Å². The quantitative estimate of drug-likeness (QED) is 0.491. The third-order valence-corrected chi connectivity index (χ3v) is 4.24. The molecule has 1 unspecified atom stereocenters. The summed E-state index contributed by atoms with van der Waals surface area (Å²) in [4.78, 5) is 24.4. The van der Waals surface area contributed by atoms with Crippen LogP contribution < -0.4 is 5.32 Å². The number of imide groups is 1. The van der Waals surface area contributed by atoms with Gasteiger partial charge in [-0.25, -0.2) is 4.79 Å². The van der Waals surface area contributed by atoms with Crippen molar-refractivity contribution in [3.63, 3.8) is 0 Å². The van der Waals surface area contributed by atoms with Crippen LogP contribution in [0.3, 0.4) is 0 Å². The predicted octanol–water partition coefficient (Wildman–Crippen LogP) is 1.59. The Morgan fingerprint density at radius 2 is 2.12 bits per heavy atom. The zero-order valence-corrected chi connectivity index (χ0v) is 13.3. The van der Waals surface area contributed by atoms with E-state index in [1.165, 1.54) is 17.1 Å². The number of urea groups is 1. The van der Waals surface area contributed by atoms with E-state index in [9.17, 15) is 19.8 Å². The molecule has 1 heterocycles. The zero-order chi connectivity index (χ0) is 18.0. The predicted molar refractivity (Wildman–Crippen MR) is 89.6 cm³/mol. The van der Waals surface area contributed by atoms with Gasteiger partial charge in [-0.3, -0.25) is 15.0 Å². The minimum Gasteiger partial charge on any atom is -0.516 e. The van der Waals surface area contributed by atoms with Crippen LogP contribution in [-0.4, -0.2) is 38.7 Å². The molecule has 2 aliphatic rings. The first-order valence-corrected chi connectivity index (χ1v) is 7.78. The summed E-state index contributed by atoms with van der Waals surface area (Å²) in [6, 6.07) is 4.45. The molecule has 4 N–H and O–H groups in total. The maximum absolute atomic E-state index is 11.8. The van der Waals surface area contributed by atoms with Crippen molar-refractivity contribution in [2.45, 2.75) is 18.4 Å². The Morgan fingerprint density at radius 3 is 2.80 bits per heavy atom. The molecule has 7 nitrogen and oxygen atoms in total. The number of aliphatic hydroxyl groups excluding tert-OH is 1. The summed E-state index contributed by atoms with van der Waals surface area (Å²) in [6.45, 7) is -0.113. The number of aromatic hydroxyl groups is 1. The van der Waals surface area contributed by atoms with Gasteiger partial charge in [0.1, 0.15) is 17.9 Å². The van der Waals surface area contributed by atoms with Crippen molar-refractivity contribution >= 4 is 11.9 Å². The van der Waals surface area contributed by atoms with E-state index in [1.54, 1.807) is 30.4 Å². The number of hydrogen-bond acceptors (Lipinski definition) is 5. The van der Waals surface area contributed by atoms with E-state index in [0.29, 0.717) is 23.2 Å². The second-order valence-corrected chi connectivity index (χ2v) is 5.94. The fourth-order valence-electron chi connectivity index (χ4n) is 3.00. The largest absolute Gasteiger partial charge is 0.516 e. The molecule has 1 atom stereocenters. The topological polar surface area (TPSA) is 110 Å². The molecule has 1 fully saturated rings. The van der Waals surface area contributed by atoms with Gasteiger partial charge in [0.2, 0.25) is 5.91 Å². The van der Waals surface area contributed by atoms with E-state index < -0.39 is 17.5 Å². The third-order valence-electron chi connectivity index (χ3n) is 4.24. The molecule has 7 heteroatoms. The first kappa shape index (κ1) is 16.8. The number of nitrogens with zero attached hydrogens (tertiary/aromatic N) is 1. The van der Waals surface area contributed by atoms with Crippen LogP contribution in [0.5, 0.6) is 5.75 Å². The number of aliphatic hydroxyl groups is 2. The molecule has 1 aliphatic heterocycles. The normalized spacial score (nSPS) is 23.2. The minimum absolute atomic E-state index is 0.0732. The van der Waals surface area contributed by atoms with Crippen molar-refractivity contribution in [3.05, 3.63) is 65.6 Å². The molecule has 0 bridgehead atoms. The maximum atomic E-state index is 11.8. The van der Waals surface area contributed by atoms with Crippen molar-refractivity contribution in [1.82, 2.24) is 10.2 Å². The van der Waals surface area contributed by atoms with E-state index in [-0.39, 0.29) is 18.7 Å². The van der Waals surface area contributed by atoms with Gasteiger partial charge in [-0.1, -0.05) is 24.3 Å². The van der Waals surface area contributed by atoms with Gasteiger partial charge in [-0.05, 0) is 30.2 Å². The summed E-state index contributed by atoms with van der Waals surface area (Å²) >= 11 is 0. The zero-order valence-electron chi connectivity index (χ0n) is 13.3. The molecule has 25 heavy (non-hydrogen) atoms. The summed E-state index contributed by atoms with van der Waals surface area (Å²) < 4.78 is 0. The lowest BCUT2D eigenvalue weighted by Crippen LogP contribution is -2.32.